The van der Waals surface area contributed by atoms with Crippen molar-refractivity contribution in [3.8, 4) is 0 Å². The van der Waals surface area contributed by atoms with Gasteiger partial charge in [-0.2, -0.15) is 0 Å². The summed E-state index contributed by atoms with van der Waals surface area (Å²) in [4.78, 5) is 112. The van der Waals surface area contributed by atoms with Crippen LogP contribution in [0.3, 0.4) is 0 Å². The third kappa shape index (κ3) is 16.4. The number of amides is 8. The Labute approximate surface area is 346 Å². The van der Waals surface area contributed by atoms with Gasteiger partial charge in [-0.3, -0.25) is 38.4 Å². The van der Waals surface area contributed by atoms with Crippen molar-refractivity contribution in [2.75, 3.05) is 35.2 Å². The van der Waals surface area contributed by atoms with Gasteiger partial charge >= 0.3 is 0 Å². The largest absolute Gasteiger partial charge is 0.390 e. The van der Waals surface area contributed by atoms with E-state index in [-0.39, 0.29) is 48.6 Å². The van der Waals surface area contributed by atoms with Crippen molar-refractivity contribution in [1.82, 2.24) is 40.9 Å². The number of nitrogens with one attached hydrogen (secondary N) is 4. The number of carbonyl (C=O) groups is 8. The van der Waals surface area contributed by atoms with Crippen LogP contribution >= 0.6 is 0 Å². The van der Waals surface area contributed by atoms with Crippen LogP contribution in [0.4, 0.5) is 0 Å². The van der Waals surface area contributed by atoms with Gasteiger partial charge in [0, 0.05) is 48.1 Å². The molecule has 0 aliphatic rings. The van der Waals surface area contributed by atoms with E-state index in [1.165, 1.54) is 72.7 Å². The number of aliphatic hydroxyl groups is 1. The fraction of sp³-hybridized carbons (Fsp3) is 0.756. The number of nitrogens with zero attached hydrogens (tertiary/aromatic N) is 4. The van der Waals surface area contributed by atoms with E-state index in [4.69, 9.17) is 0 Å². The van der Waals surface area contributed by atoms with Crippen molar-refractivity contribution in [1.29, 1.82) is 0 Å². The lowest BCUT2D eigenvalue weighted by Crippen LogP contribution is -2.60. The van der Waals surface area contributed by atoms with Gasteiger partial charge in [0.1, 0.15) is 41.9 Å². The molecule has 0 fully saturated rings. The second-order valence-corrected chi connectivity index (χ2v) is 17.1. The summed E-state index contributed by atoms with van der Waals surface area (Å²) >= 11 is 0. The molecule has 6 atom stereocenters. The van der Waals surface area contributed by atoms with Gasteiger partial charge in [-0.1, -0.05) is 55.0 Å². The smallest absolute Gasteiger partial charge is 0.270 e. The predicted molar refractivity (Wildman–Crippen MR) is 222 cm³/mol. The van der Waals surface area contributed by atoms with Crippen LogP contribution in [0.15, 0.2) is 12.3 Å². The molecule has 8 amide bonds. The summed E-state index contributed by atoms with van der Waals surface area (Å²) < 4.78 is 0. The molecule has 58 heavy (non-hydrogen) atoms. The molecule has 0 radical (unpaired) electrons. The monoisotopic (exact) mass is 823 g/mol. The quantitative estimate of drug-likeness (QED) is 0.0940. The highest BCUT2D eigenvalue weighted by molar-refractivity contribution is 6.00. The molecule has 0 unspecified atom stereocenters. The number of hydrogen-bond donors (Lipinski definition) is 5. The Kier molecular flexibility index (Phi) is 21.9. The normalized spacial score (nSPS) is 14.6. The van der Waals surface area contributed by atoms with E-state index in [0.717, 1.165) is 9.80 Å². The summed E-state index contributed by atoms with van der Waals surface area (Å²) in [7, 11) is 7.17. The molecule has 0 saturated carbocycles. The minimum atomic E-state index is -1.43. The number of carbonyl (C=O) groups excluding carboxylic acids is 8. The van der Waals surface area contributed by atoms with Crippen molar-refractivity contribution >= 4 is 47.3 Å². The van der Waals surface area contributed by atoms with Crippen LogP contribution in [0.1, 0.15) is 108 Å². The summed E-state index contributed by atoms with van der Waals surface area (Å²) in [5, 5.41) is 21.3. The second kappa shape index (κ2) is 23.8. The van der Waals surface area contributed by atoms with Crippen molar-refractivity contribution in [2.45, 2.75) is 150 Å². The molecule has 0 saturated heterocycles. The van der Waals surface area contributed by atoms with Gasteiger partial charge in [-0.15, -0.1) is 0 Å². The molecular weight excluding hydrogens is 748 g/mol. The van der Waals surface area contributed by atoms with Crippen LogP contribution in [-0.2, 0) is 38.4 Å². The molecule has 17 nitrogen and oxygen atoms in total. The molecule has 0 aliphatic heterocycles. The Morgan fingerprint density at radius 1 is 0.638 bits per heavy atom. The molecule has 0 aromatic rings. The maximum absolute atomic E-state index is 14.2. The molecule has 332 valence electrons. The molecule has 17 heteroatoms. The van der Waals surface area contributed by atoms with Crippen molar-refractivity contribution < 1.29 is 43.5 Å². The highest BCUT2D eigenvalue weighted by atomic mass is 16.3. The van der Waals surface area contributed by atoms with E-state index in [0.29, 0.717) is 12.8 Å². The number of hydrogen-bond acceptors (Lipinski definition) is 9. The first kappa shape index (κ1) is 53.5. The molecule has 5 N–H and O–H groups in total. The number of rotatable bonds is 23. The number of likely N-dealkylation sites (N-methyl/N-ethyl adjacent to an activating group) is 5. The Balaban J connectivity index is 6.26. The van der Waals surface area contributed by atoms with E-state index in [1.807, 2.05) is 34.6 Å². The molecule has 0 heterocycles. The van der Waals surface area contributed by atoms with Crippen LogP contribution in [0.5, 0.6) is 0 Å². The van der Waals surface area contributed by atoms with Gasteiger partial charge in [-0.25, -0.2) is 0 Å². The van der Waals surface area contributed by atoms with Crippen LogP contribution in [-0.4, -0.2) is 149 Å². The van der Waals surface area contributed by atoms with Crippen LogP contribution < -0.4 is 21.3 Å². The summed E-state index contributed by atoms with van der Waals surface area (Å²) in [5.41, 5.74) is -1.59. The van der Waals surface area contributed by atoms with Gasteiger partial charge in [0.2, 0.25) is 41.4 Å². The lowest BCUT2D eigenvalue weighted by molar-refractivity contribution is -0.146. The second-order valence-electron chi connectivity index (χ2n) is 17.1. The fourth-order valence-electron chi connectivity index (χ4n) is 6.21. The zero-order chi connectivity index (χ0) is 45.6. The van der Waals surface area contributed by atoms with Crippen molar-refractivity contribution in [3.63, 3.8) is 0 Å². The molecule has 0 rings (SSSR count). The average Bonchev–Trinajstić information content (AvgIpc) is 3.13. The average molecular weight is 823 g/mol. The zero-order valence-corrected chi connectivity index (χ0v) is 37.9. The molecule has 0 aromatic carbocycles. The van der Waals surface area contributed by atoms with E-state index < -0.39 is 83.2 Å². The van der Waals surface area contributed by atoms with Gasteiger partial charge in [0.15, 0.2) is 0 Å². The van der Waals surface area contributed by atoms with E-state index in [1.54, 1.807) is 13.8 Å². The first-order valence-corrected chi connectivity index (χ1v) is 20.1. The van der Waals surface area contributed by atoms with Crippen LogP contribution in [0.2, 0.25) is 0 Å². The Hall–Kier alpha value is -4.54. The molecule has 0 bridgehead atoms. The first-order valence-electron chi connectivity index (χ1n) is 20.1. The van der Waals surface area contributed by atoms with Gasteiger partial charge in [-0.05, 0) is 64.7 Å². The van der Waals surface area contributed by atoms with Crippen LogP contribution in [0, 0.1) is 17.8 Å². The summed E-state index contributed by atoms with van der Waals surface area (Å²) in [6.45, 7) is 22.4. The third-order valence-electron chi connectivity index (χ3n) is 9.86. The summed E-state index contributed by atoms with van der Waals surface area (Å²) in [6.07, 6.45) is 1.13. The summed E-state index contributed by atoms with van der Waals surface area (Å²) in [5.74, 6) is -5.00. The third-order valence-corrected chi connectivity index (χ3v) is 9.86. The topological polar surface area (TPSA) is 218 Å². The Morgan fingerprint density at radius 2 is 1.09 bits per heavy atom. The van der Waals surface area contributed by atoms with Gasteiger partial charge in [0.25, 0.3) is 5.91 Å². The fourth-order valence-corrected chi connectivity index (χ4v) is 6.21. The Morgan fingerprint density at radius 3 is 1.52 bits per heavy atom. The molecule has 0 aliphatic carbocycles. The lowest BCUT2D eigenvalue weighted by atomic mass is 9.95. The first-order chi connectivity index (χ1) is 26.5. The van der Waals surface area contributed by atoms with Crippen molar-refractivity contribution in [3.05, 3.63) is 12.3 Å². The maximum Gasteiger partial charge on any atom is 0.270 e. The highest BCUT2D eigenvalue weighted by Gasteiger charge is 2.39. The van der Waals surface area contributed by atoms with Gasteiger partial charge in [0.05, 0.1) is 5.60 Å². The van der Waals surface area contributed by atoms with Gasteiger partial charge < -0.3 is 46.0 Å². The van der Waals surface area contributed by atoms with Crippen LogP contribution in [0.25, 0.3) is 0 Å². The predicted octanol–water partition coefficient (Wildman–Crippen LogP) is 1.39. The van der Waals surface area contributed by atoms with E-state index in [9.17, 15) is 43.5 Å². The Bertz CT molecular complexity index is 1480. The summed E-state index contributed by atoms with van der Waals surface area (Å²) in [6, 6.07) is -6.44. The molecule has 0 aromatic heterocycles. The van der Waals surface area contributed by atoms with E-state index in [2.05, 4.69) is 27.8 Å². The van der Waals surface area contributed by atoms with Crippen molar-refractivity contribution in [2.24, 2.45) is 17.8 Å². The SMILES string of the molecule is C=C(C(=O)N(C)[C@@H](CC(C)(C)O)C(=O)N[C@H](C(=O)N(C)[C@@H](CC(C)C)C(=O)N[C@H](C)C(=O)N[C@H](C)C(=O)N(C)[C@@H](CC(C)C)C(=O)NC)C(C)C)N(C)C(=O)CCC. The lowest BCUT2D eigenvalue weighted by Gasteiger charge is -2.36. The highest BCUT2D eigenvalue weighted by Crippen LogP contribution is 2.20. The minimum Gasteiger partial charge on any atom is -0.390 e. The maximum atomic E-state index is 14.2. The van der Waals surface area contributed by atoms with E-state index >= 15 is 0 Å². The standard InChI is InChI=1S/C41H74N8O9/c1-18-19-32(50)46(14)28(10)39(56)49(17)31(22-41(11,12)58)37(54)45-33(25(6)7)40(57)48(16)30(21-24(4)5)36(53)43-26(8)34(51)44-27(9)38(55)47(15)29(20-23(2)3)35(52)42-13/h23-27,29-31,33,58H,10,18-22H2,1-9,11-17H3,(H,42,52)(H,43,53)(H,44,51)(H,45,54)/t26-,27-,29+,30+,31+,33+/m1/s1. The molecular formula is C41H74N8O9. The molecule has 0 spiro atoms. The minimum absolute atomic E-state index is 0.0826. The zero-order valence-electron chi connectivity index (χ0n) is 37.9.